The Bertz CT molecular complexity index is 794. The van der Waals surface area contributed by atoms with Crippen LogP contribution in [-0.4, -0.2) is 43.5 Å². The van der Waals surface area contributed by atoms with Crippen LogP contribution in [-0.2, 0) is 4.79 Å². The van der Waals surface area contributed by atoms with Gasteiger partial charge in [-0.15, -0.1) is 0 Å². The van der Waals surface area contributed by atoms with E-state index >= 15 is 0 Å². The first-order valence-electron chi connectivity index (χ1n) is 8.18. The zero-order chi connectivity index (χ0) is 17.6. The molecule has 0 atom stereocenters. The third-order valence-corrected chi connectivity index (χ3v) is 4.52. The molecule has 5 nitrogen and oxygen atoms in total. The average molecular weight is 355 g/mol. The van der Waals surface area contributed by atoms with E-state index in [4.69, 9.17) is 16.9 Å². The van der Waals surface area contributed by atoms with Crippen LogP contribution in [0.3, 0.4) is 0 Å². The van der Waals surface area contributed by atoms with E-state index in [1.54, 1.807) is 12.1 Å². The Morgan fingerprint density at radius 1 is 1.12 bits per heavy atom. The highest BCUT2D eigenvalue weighted by Gasteiger charge is 2.21. The molecule has 0 aromatic heterocycles. The standard InChI is InChI=1S/C19H19ClN4O/c20-16-5-3-6-17(12-16)23-8-10-24(11-9-23)19(25)14-22-18-7-2-1-4-15(18)13-21/h1-7,12,22H,8-11,14H2. The van der Waals surface area contributed by atoms with Crippen molar-refractivity contribution in [3.63, 3.8) is 0 Å². The van der Waals surface area contributed by atoms with Crippen molar-refractivity contribution < 1.29 is 4.79 Å². The number of nitrogens with one attached hydrogen (secondary N) is 1. The summed E-state index contributed by atoms with van der Waals surface area (Å²) in [5.41, 5.74) is 2.32. The lowest BCUT2D eigenvalue weighted by molar-refractivity contribution is -0.129. The smallest absolute Gasteiger partial charge is 0.241 e. The number of piperazine rings is 1. The Labute approximate surface area is 152 Å². The molecule has 1 aliphatic heterocycles. The summed E-state index contributed by atoms with van der Waals surface area (Å²) >= 11 is 6.04. The molecular weight excluding hydrogens is 336 g/mol. The third-order valence-electron chi connectivity index (χ3n) is 4.28. The SMILES string of the molecule is N#Cc1ccccc1NCC(=O)N1CCN(c2cccc(Cl)c2)CC1. The molecular formula is C19H19ClN4O. The number of amides is 1. The lowest BCUT2D eigenvalue weighted by Crippen LogP contribution is -2.50. The predicted octanol–water partition coefficient (Wildman–Crippen LogP) is 2.97. The first kappa shape index (κ1) is 17.1. The summed E-state index contributed by atoms with van der Waals surface area (Å²) in [6.45, 7) is 3.09. The third kappa shape index (κ3) is 4.23. The van der Waals surface area contributed by atoms with Gasteiger partial charge in [-0.2, -0.15) is 5.26 Å². The van der Waals surface area contributed by atoms with E-state index in [0.29, 0.717) is 24.3 Å². The number of nitriles is 1. The van der Waals surface area contributed by atoms with Gasteiger partial charge < -0.3 is 15.1 Å². The van der Waals surface area contributed by atoms with Crippen molar-refractivity contribution in [2.45, 2.75) is 0 Å². The molecule has 1 saturated heterocycles. The molecule has 0 spiro atoms. The normalized spacial score (nSPS) is 14.1. The number of carbonyl (C=O) groups excluding carboxylic acids is 1. The Hall–Kier alpha value is -2.71. The summed E-state index contributed by atoms with van der Waals surface area (Å²) in [5.74, 6) is 0.0403. The highest BCUT2D eigenvalue weighted by Crippen LogP contribution is 2.21. The van der Waals surface area contributed by atoms with Crippen LogP contribution in [0.4, 0.5) is 11.4 Å². The fraction of sp³-hybridized carbons (Fsp3) is 0.263. The fourth-order valence-electron chi connectivity index (χ4n) is 2.90. The summed E-state index contributed by atoms with van der Waals surface area (Å²) in [6.07, 6.45) is 0. The van der Waals surface area contributed by atoms with Gasteiger partial charge in [-0.3, -0.25) is 4.79 Å². The van der Waals surface area contributed by atoms with Crippen molar-refractivity contribution in [1.29, 1.82) is 5.26 Å². The number of hydrogen-bond acceptors (Lipinski definition) is 4. The van der Waals surface area contributed by atoms with Crippen LogP contribution in [0.5, 0.6) is 0 Å². The number of halogens is 1. The van der Waals surface area contributed by atoms with E-state index in [-0.39, 0.29) is 12.5 Å². The molecule has 6 heteroatoms. The number of hydrogen-bond donors (Lipinski definition) is 1. The maximum Gasteiger partial charge on any atom is 0.241 e. The van der Waals surface area contributed by atoms with E-state index in [1.165, 1.54) is 0 Å². The molecule has 0 bridgehead atoms. The van der Waals surface area contributed by atoms with Crippen molar-refractivity contribution in [1.82, 2.24) is 4.90 Å². The van der Waals surface area contributed by atoms with Gasteiger partial charge in [0.15, 0.2) is 0 Å². The fourth-order valence-corrected chi connectivity index (χ4v) is 3.09. The second-order valence-corrected chi connectivity index (χ2v) is 6.30. The van der Waals surface area contributed by atoms with Gasteiger partial charge in [0, 0.05) is 36.9 Å². The molecule has 2 aromatic rings. The maximum atomic E-state index is 12.4. The molecule has 1 heterocycles. The van der Waals surface area contributed by atoms with Crippen molar-refractivity contribution in [3.05, 3.63) is 59.1 Å². The van der Waals surface area contributed by atoms with Gasteiger partial charge in [-0.1, -0.05) is 29.8 Å². The molecule has 1 N–H and O–H groups in total. The second kappa shape index (κ2) is 7.91. The highest BCUT2D eigenvalue weighted by atomic mass is 35.5. The Balaban J connectivity index is 1.52. The summed E-state index contributed by atoms with van der Waals surface area (Å²) in [7, 11) is 0. The van der Waals surface area contributed by atoms with E-state index < -0.39 is 0 Å². The van der Waals surface area contributed by atoms with Gasteiger partial charge in [0.2, 0.25) is 5.91 Å². The van der Waals surface area contributed by atoms with E-state index in [0.717, 1.165) is 23.8 Å². The Morgan fingerprint density at radius 2 is 1.88 bits per heavy atom. The van der Waals surface area contributed by atoms with Crippen molar-refractivity contribution in [2.24, 2.45) is 0 Å². The van der Waals surface area contributed by atoms with Crippen LogP contribution in [0, 0.1) is 11.3 Å². The molecule has 128 valence electrons. The molecule has 3 rings (SSSR count). The first-order valence-corrected chi connectivity index (χ1v) is 8.56. The highest BCUT2D eigenvalue weighted by molar-refractivity contribution is 6.30. The van der Waals surface area contributed by atoms with Crippen molar-refractivity contribution >= 4 is 28.9 Å². The van der Waals surface area contributed by atoms with E-state index in [1.807, 2.05) is 41.3 Å². The largest absolute Gasteiger partial charge is 0.375 e. The maximum absolute atomic E-state index is 12.4. The summed E-state index contributed by atoms with van der Waals surface area (Å²) in [5, 5.41) is 12.9. The zero-order valence-electron chi connectivity index (χ0n) is 13.8. The van der Waals surface area contributed by atoms with Crippen molar-refractivity contribution in [3.8, 4) is 6.07 Å². The van der Waals surface area contributed by atoms with Gasteiger partial charge in [-0.25, -0.2) is 0 Å². The monoisotopic (exact) mass is 354 g/mol. The number of benzene rings is 2. The van der Waals surface area contributed by atoms with Crippen LogP contribution in [0.2, 0.25) is 5.02 Å². The van der Waals surface area contributed by atoms with Gasteiger partial charge in [0.1, 0.15) is 6.07 Å². The zero-order valence-corrected chi connectivity index (χ0v) is 14.5. The molecule has 0 saturated carbocycles. The minimum absolute atomic E-state index is 0.0403. The minimum Gasteiger partial charge on any atom is -0.375 e. The molecule has 1 amide bonds. The van der Waals surface area contributed by atoms with Gasteiger partial charge in [-0.05, 0) is 30.3 Å². The minimum atomic E-state index is 0.0403. The quantitative estimate of drug-likeness (QED) is 0.917. The average Bonchev–Trinajstić information content (AvgIpc) is 2.66. The molecule has 1 fully saturated rings. The van der Waals surface area contributed by atoms with Crippen LogP contribution in [0.15, 0.2) is 48.5 Å². The first-order chi connectivity index (χ1) is 12.2. The van der Waals surface area contributed by atoms with Gasteiger partial charge >= 0.3 is 0 Å². The van der Waals surface area contributed by atoms with Crippen LogP contribution < -0.4 is 10.2 Å². The summed E-state index contributed by atoms with van der Waals surface area (Å²) in [6, 6.07) is 17.1. The molecule has 0 radical (unpaired) electrons. The number of para-hydroxylation sites is 1. The van der Waals surface area contributed by atoms with Gasteiger partial charge in [0.05, 0.1) is 17.8 Å². The topological polar surface area (TPSA) is 59.4 Å². The molecule has 0 aliphatic carbocycles. The van der Waals surface area contributed by atoms with Crippen LogP contribution in [0.1, 0.15) is 5.56 Å². The van der Waals surface area contributed by atoms with Gasteiger partial charge in [0.25, 0.3) is 0 Å². The van der Waals surface area contributed by atoms with Crippen molar-refractivity contribution in [2.75, 3.05) is 42.9 Å². The Kier molecular flexibility index (Phi) is 5.42. The molecule has 1 aliphatic rings. The number of nitrogens with zero attached hydrogens (tertiary/aromatic N) is 3. The Morgan fingerprint density at radius 3 is 2.60 bits per heavy atom. The molecule has 2 aromatic carbocycles. The van der Waals surface area contributed by atoms with Crippen LogP contribution >= 0.6 is 11.6 Å². The lowest BCUT2D eigenvalue weighted by Gasteiger charge is -2.36. The van der Waals surface area contributed by atoms with E-state index in [2.05, 4.69) is 16.3 Å². The summed E-state index contributed by atoms with van der Waals surface area (Å²) in [4.78, 5) is 16.5. The second-order valence-electron chi connectivity index (χ2n) is 5.86. The number of carbonyl (C=O) groups is 1. The number of rotatable bonds is 4. The molecule has 0 unspecified atom stereocenters. The lowest BCUT2D eigenvalue weighted by atomic mass is 10.2. The predicted molar refractivity (Wildman–Crippen MR) is 99.9 cm³/mol. The summed E-state index contributed by atoms with van der Waals surface area (Å²) < 4.78 is 0. The molecule has 25 heavy (non-hydrogen) atoms. The van der Waals surface area contributed by atoms with Crippen LogP contribution in [0.25, 0.3) is 0 Å². The van der Waals surface area contributed by atoms with E-state index in [9.17, 15) is 4.79 Å². The number of anilines is 2.